The van der Waals surface area contributed by atoms with E-state index in [0.29, 0.717) is 0 Å². The summed E-state index contributed by atoms with van der Waals surface area (Å²) in [5, 5.41) is 0. The van der Waals surface area contributed by atoms with E-state index in [4.69, 9.17) is 0 Å². The van der Waals surface area contributed by atoms with Gasteiger partial charge in [-0.15, -0.1) is 0 Å². The summed E-state index contributed by atoms with van der Waals surface area (Å²) in [4.78, 5) is 0. The lowest BCUT2D eigenvalue weighted by Crippen LogP contribution is -1.95. The fourth-order valence-electron chi connectivity index (χ4n) is 1.40. The molecule has 0 saturated heterocycles. The van der Waals surface area contributed by atoms with Gasteiger partial charge >= 0.3 is 0 Å². The highest BCUT2D eigenvalue weighted by Crippen LogP contribution is 2.01. The molecule has 0 saturated carbocycles. The van der Waals surface area contributed by atoms with Crippen molar-refractivity contribution in [2.24, 2.45) is 0 Å². The molecule has 12 heavy (non-hydrogen) atoms. The third-order valence-electron chi connectivity index (χ3n) is 2.16. The molecular formula is C11H17B. The lowest BCUT2D eigenvalue weighted by Gasteiger charge is -1.97. The predicted molar refractivity (Wildman–Crippen MR) is 57.0 cm³/mol. The Balaban J connectivity index is 2.16. The van der Waals surface area contributed by atoms with Crippen molar-refractivity contribution < 1.29 is 0 Å². The van der Waals surface area contributed by atoms with Crippen molar-refractivity contribution in [2.75, 3.05) is 0 Å². The first-order chi connectivity index (χ1) is 5.93. The second kappa shape index (κ2) is 5.88. The highest BCUT2D eigenvalue weighted by molar-refractivity contribution is 6.34. The molecule has 0 amide bonds. The van der Waals surface area contributed by atoms with Crippen LogP contribution in [-0.4, -0.2) is 7.28 Å². The van der Waals surface area contributed by atoms with Crippen LogP contribution >= 0.6 is 0 Å². The summed E-state index contributed by atoms with van der Waals surface area (Å²) >= 11 is 0. The van der Waals surface area contributed by atoms with Crippen LogP contribution in [0.25, 0.3) is 0 Å². The van der Waals surface area contributed by atoms with Gasteiger partial charge in [-0.1, -0.05) is 68.3 Å². The van der Waals surface area contributed by atoms with E-state index in [1.165, 1.54) is 38.3 Å². The van der Waals surface area contributed by atoms with Gasteiger partial charge < -0.3 is 0 Å². The predicted octanol–water partition coefficient (Wildman–Crippen LogP) is 2.84. The van der Waals surface area contributed by atoms with E-state index in [2.05, 4.69) is 37.3 Å². The first-order valence-electron chi connectivity index (χ1n) is 4.97. The Bertz CT molecular complexity index is 193. The van der Waals surface area contributed by atoms with Crippen molar-refractivity contribution in [3.05, 3.63) is 35.9 Å². The Morgan fingerprint density at radius 2 is 1.92 bits per heavy atom. The number of benzene rings is 1. The molecule has 0 atom stereocenters. The SMILES string of the molecule is CCCCBCc1ccccc1. The molecule has 1 heteroatoms. The smallest absolute Gasteiger partial charge is 0.0771 e. The molecule has 0 spiro atoms. The molecule has 0 aliphatic rings. The standard InChI is InChI=1S/C11H17B/c1-2-3-9-12-10-11-7-5-4-6-8-11/h4-8,12H,2-3,9-10H2,1H3. The van der Waals surface area contributed by atoms with Crippen molar-refractivity contribution in [2.45, 2.75) is 32.4 Å². The molecule has 0 N–H and O–H groups in total. The Labute approximate surface area is 76.2 Å². The van der Waals surface area contributed by atoms with Crippen LogP contribution in [0.4, 0.5) is 0 Å². The van der Waals surface area contributed by atoms with Crippen LogP contribution < -0.4 is 0 Å². The van der Waals surface area contributed by atoms with Crippen LogP contribution in [-0.2, 0) is 6.32 Å². The van der Waals surface area contributed by atoms with Crippen LogP contribution in [0, 0.1) is 0 Å². The average molecular weight is 160 g/mol. The first-order valence-corrected chi connectivity index (χ1v) is 4.97. The molecule has 0 radical (unpaired) electrons. The Kier molecular flexibility index (Phi) is 4.59. The lowest BCUT2D eigenvalue weighted by molar-refractivity contribution is 0.877. The van der Waals surface area contributed by atoms with E-state index < -0.39 is 0 Å². The summed E-state index contributed by atoms with van der Waals surface area (Å²) in [5.41, 5.74) is 1.48. The third-order valence-corrected chi connectivity index (χ3v) is 2.16. The molecule has 0 fully saturated rings. The van der Waals surface area contributed by atoms with Crippen molar-refractivity contribution in [1.29, 1.82) is 0 Å². The molecule has 1 aromatic carbocycles. The fourth-order valence-corrected chi connectivity index (χ4v) is 1.40. The van der Waals surface area contributed by atoms with Crippen molar-refractivity contribution in [3.63, 3.8) is 0 Å². The zero-order chi connectivity index (χ0) is 8.65. The van der Waals surface area contributed by atoms with Gasteiger partial charge in [0, 0.05) is 0 Å². The van der Waals surface area contributed by atoms with E-state index in [0.717, 1.165) is 0 Å². The maximum absolute atomic E-state index is 2.25. The zero-order valence-electron chi connectivity index (χ0n) is 7.92. The second-order valence-electron chi connectivity index (χ2n) is 3.30. The molecule has 0 unspecified atom stereocenters. The third kappa shape index (κ3) is 3.61. The van der Waals surface area contributed by atoms with E-state index in [1.807, 2.05) is 0 Å². The van der Waals surface area contributed by atoms with Gasteiger partial charge in [0.25, 0.3) is 0 Å². The van der Waals surface area contributed by atoms with Crippen molar-refractivity contribution >= 4 is 7.28 Å². The van der Waals surface area contributed by atoms with Crippen LogP contribution in [0.3, 0.4) is 0 Å². The molecule has 1 aromatic rings. The fraction of sp³-hybridized carbons (Fsp3) is 0.455. The maximum Gasteiger partial charge on any atom is 0.125 e. The lowest BCUT2D eigenvalue weighted by atomic mass is 9.68. The van der Waals surface area contributed by atoms with Crippen LogP contribution in [0.15, 0.2) is 30.3 Å². The van der Waals surface area contributed by atoms with Gasteiger partial charge in [-0.25, -0.2) is 0 Å². The molecule has 0 heterocycles. The van der Waals surface area contributed by atoms with Crippen molar-refractivity contribution in [3.8, 4) is 0 Å². The van der Waals surface area contributed by atoms with Gasteiger partial charge in [-0.2, -0.15) is 0 Å². The quantitative estimate of drug-likeness (QED) is 0.459. The summed E-state index contributed by atoms with van der Waals surface area (Å²) in [5.74, 6) is 0. The monoisotopic (exact) mass is 160 g/mol. The van der Waals surface area contributed by atoms with Gasteiger partial charge in [-0.3, -0.25) is 0 Å². The van der Waals surface area contributed by atoms with Gasteiger partial charge in [-0.05, 0) is 0 Å². The van der Waals surface area contributed by atoms with Crippen LogP contribution in [0.1, 0.15) is 25.3 Å². The van der Waals surface area contributed by atoms with Crippen LogP contribution in [0.5, 0.6) is 0 Å². The molecule has 0 aliphatic carbocycles. The normalized spacial score (nSPS) is 9.75. The van der Waals surface area contributed by atoms with Crippen molar-refractivity contribution in [1.82, 2.24) is 0 Å². The van der Waals surface area contributed by atoms with Gasteiger partial charge in [0.05, 0.1) is 0 Å². The highest BCUT2D eigenvalue weighted by atomic mass is 13.9. The summed E-state index contributed by atoms with van der Waals surface area (Å²) in [6.45, 7) is 2.25. The minimum Gasteiger partial charge on any atom is -0.0771 e. The first kappa shape index (κ1) is 9.37. The van der Waals surface area contributed by atoms with E-state index >= 15 is 0 Å². The van der Waals surface area contributed by atoms with Gasteiger partial charge in [0.15, 0.2) is 0 Å². The molecule has 0 nitrogen and oxygen atoms in total. The zero-order valence-corrected chi connectivity index (χ0v) is 7.92. The number of rotatable bonds is 5. The topological polar surface area (TPSA) is 0 Å². The van der Waals surface area contributed by atoms with Crippen LogP contribution in [0.2, 0.25) is 6.32 Å². The Morgan fingerprint density at radius 1 is 1.17 bits per heavy atom. The number of hydrogen-bond donors (Lipinski definition) is 0. The largest absolute Gasteiger partial charge is 0.125 e. The molecule has 0 bridgehead atoms. The summed E-state index contributed by atoms with van der Waals surface area (Å²) in [6, 6.07) is 10.7. The summed E-state index contributed by atoms with van der Waals surface area (Å²) < 4.78 is 0. The van der Waals surface area contributed by atoms with Gasteiger partial charge in [0.1, 0.15) is 7.28 Å². The Hall–Kier alpha value is -0.715. The molecule has 0 aromatic heterocycles. The second-order valence-corrected chi connectivity index (χ2v) is 3.30. The molecular weight excluding hydrogens is 143 g/mol. The van der Waals surface area contributed by atoms with E-state index in [1.54, 1.807) is 0 Å². The summed E-state index contributed by atoms with van der Waals surface area (Å²) in [7, 11) is 1.35. The number of unbranched alkanes of at least 4 members (excludes halogenated alkanes) is 1. The summed E-state index contributed by atoms with van der Waals surface area (Å²) in [6.07, 6.45) is 5.34. The minimum atomic E-state index is 1.25. The maximum atomic E-state index is 2.25. The minimum absolute atomic E-state index is 1.25. The van der Waals surface area contributed by atoms with E-state index in [-0.39, 0.29) is 0 Å². The van der Waals surface area contributed by atoms with Gasteiger partial charge in [0.2, 0.25) is 0 Å². The molecule has 0 aliphatic heterocycles. The molecule has 64 valence electrons. The Morgan fingerprint density at radius 3 is 2.58 bits per heavy atom. The average Bonchev–Trinajstić information content (AvgIpc) is 2.14. The highest BCUT2D eigenvalue weighted by Gasteiger charge is 1.92. The molecule has 1 rings (SSSR count). The number of hydrogen-bond acceptors (Lipinski definition) is 0. The van der Waals surface area contributed by atoms with E-state index in [9.17, 15) is 0 Å².